The lowest BCUT2D eigenvalue weighted by Crippen LogP contribution is -2.22. The fourth-order valence-corrected chi connectivity index (χ4v) is 2.26. The third-order valence-electron chi connectivity index (χ3n) is 3.35. The molecule has 9 heteroatoms. The molecule has 0 spiro atoms. The van der Waals surface area contributed by atoms with E-state index in [4.69, 9.17) is 9.47 Å². The zero-order chi connectivity index (χ0) is 16.8. The number of hydrogen-bond donors (Lipinski definition) is 2. The summed E-state index contributed by atoms with van der Waals surface area (Å²) in [4.78, 5) is 14.3. The second kappa shape index (κ2) is 7.36. The molecule has 1 aliphatic rings. The standard InChI is InChI=1S/C15H17N5O4/c21-20(22)9-15(17-4-1-6-19-7-5-16-10-19)18-12-2-3-13-14(8-12)24-11-23-13/h2-3,5,7-10,17-18H,1,4,6,11H2/b15-9-. The van der Waals surface area contributed by atoms with Crippen molar-refractivity contribution < 1.29 is 14.4 Å². The van der Waals surface area contributed by atoms with Crippen molar-refractivity contribution >= 4 is 5.69 Å². The van der Waals surface area contributed by atoms with Crippen LogP contribution in [0.25, 0.3) is 0 Å². The van der Waals surface area contributed by atoms with E-state index in [2.05, 4.69) is 15.6 Å². The average Bonchev–Trinajstić information content (AvgIpc) is 3.21. The molecule has 3 rings (SSSR count). The maximum absolute atomic E-state index is 10.8. The fourth-order valence-electron chi connectivity index (χ4n) is 2.26. The summed E-state index contributed by atoms with van der Waals surface area (Å²) in [6.45, 7) is 1.54. The van der Waals surface area contributed by atoms with E-state index in [1.165, 1.54) is 0 Å². The van der Waals surface area contributed by atoms with E-state index in [9.17, 15) is 10.1 Å². The van der Waals surface area contributed by atoms with Gasteiger partial charge in [0.2, 0.25) is 6.79 Å². The number of rotatable bonds is 8. The second-order valence-corrected chi connectivity index (χ2v) is 5.10. The zero-order valence-corrected chi connectivity index (χ0v) is 12.8. The van der Waals surface area contributed by atoms with Gasteiger partial charge < -0.3 is 24.7 Å². The fraction of sp³-hybridized carbons (Fsp3) is 0.267. The molecular weight excluding hydrogens is 314 g/mol. The van der Waals surface area contributed by atoms with E-state index < -0.39 is 4.92 Å². The van der Waals surface area contributed by atoms with Crippen LogP contribution in [0.15, 0.2) is 48.9 Å². The Morgan fingerprint density at radius 1 is 1.42 bits per heavy atom. The van der Waals surface area contributed by atoms with E-state index in [1.807, 2.05) is 10.8 Å². The van der Waals surface area contributed by atoms with Crippen molar-refractivity contribution in [1.29, 1.82) is 0 Å². The highest BCUT2D eigenvalue weighted by Crippen LogP contribution is 2.34. The van der Waals surface area contributed by atoms with Crippen LogP contribution in [0.1, 0.15) is 6.42 Å². The Hall–Kier alpha value is -3.23. The summed E-state index contributed by atoms with van der Waals surface area (Å²) in [7, 11) is 0. The molecule has 0 saturated carbocycles. The van der Waals surface area contributed by atoms with Gasteiger partial charge in [0, 0.05) is 37.2 Å². The van der Waals surface area contributed by atoms with Gasteiger partial charge in [0.1, 0.15) is 0 Å². The van der Waals surface area contributed by atoms with Crippen molar-refractivity contribution in [3.8, 4) is 11.5 Å². The van der Waals surface area contributed by atoms with Crippen LogP contribution < -0.4 is 20.1 Å². The molecule has 0 bridgehead atoms. The van der Waals surface area contributed by atoms with Crippen LogP contribution in [0, 0.1) is 10.1 Å². The van der Waals surface area contributed by atoms with Crippen LogP contribution >= 0.6 is 0 Å². The van der Waals surface area contributed by atoms with Gasteiger partial charge in [0.15, 0.2) is 17.3 Å². The van der Waals surface area contributed by atoms with Gasteiger partial charge in [-0.15, -0.1) is 0 Å². The van der Waals surface area contributed by atoms with Crippen molar-refractivity contribution in [2.45, 2.75) is 13.0 Å². The number of hydrogen-bond acceptors (Lipinski definition) is 7. The number of nitrogens with one attached hydrogen (secondary N) is 2. The summed E-state index contributed by atoms with van der Waals surface area (Å²) in [5.74, 6) is 1.58. The Balaban J connectivity index is 1.56. The van der Waals surface area contributed by atoms with Gasteiger partial charge in [0.25, 0.3) is 6.20 Å². The van der Waals surface area contributed by atoms with Crippen molar-refractivity contribution in [2.75, 3.05) is 18.7 Å². The van der Waals surface area contributed by atoms with Crippen LogP contribution in [-0.2, 0) is 6.54 Å². The molecule has 2 heterocycles. The molecule has 2 aromatic rings. The highest BCUT2D eigenvalue weighted by atomic mass is 16.7. The number of aryl methyl sites for hydroxylation is 1. The Labute approximate surface area is 138 Å². The van der Waals surface area contributed by atoms with Crippen molar-refractivity contribution in [2.24, 2.45) is 0 Å². The molecule has 0 aliphatic carbocycles. The number of nitro groups is 1. The SMILES string of the molecule is O=[N+]([O-])/C=C(/NCCCn1ccnc1)Nc1ccc2c(c1)OCO2. The average molecular weight is 331 g/mol. The van der Waals surface area contributed by atoms with E-state index >= 15 is 0 Å². The lowest BCUT2D eigenvalue weighted by atomic mass is 10.3. The van der Waals surface area contributed by atoms with Crippen LogP contribution in [-0.4, -0.2) is 27.8 Å². The Morgan fingerprint density at radius 2 is 2.29 bits per heavy atom. The molecule has 9 nitrogen and oxygen atoms in total. The molecule has 1 aromatic heterocycles. The second-order valence-electron chi connectivity index (χ2n) is 5.10. The summed E-state index contributed by atoms with van der Waals surface area (Å²) in [6.07, 6.45) is 7.03. The predicted octanol–water partition coefficient (Wildman–Crippen LogP) is 1.78. The number of fused-ring (bicyclic) bond motifs is 1. The molecule has 2 N–H and O–H groups in total. The molecule has 0 unspecified atom stereocenters. The molecule has 0 radical (unpaired) electrons. The number of anilines is 1. The summed E-state index contributed by atoms with van der Waals surface area (Å²) in [6, 6.07) is 5.27. The first-order valence-corrected chi connectivity index (χ1v) is 7.42. The van der Waals surface area contributed by atoms with Gasteiger partial charge >= 0.3 is 0 Å². The third kappa shape index (κ3) is 4.15. The van der Waals surface area contributed by atoms with Gasteiger partial charge in [-0.2, -0.15) is 0 Å². The summed E-state index contributed by atoms with van der Waals surface area (Å²) in [5, 5.41) is 16.8. The first-order chi connectivity index (χ1) is 11.7. The summed E-state index contributed by atoms with van der Waals surface area (Å²) < 4.78 is 12.5. The van der Waals surface area contributed by atoms with Crippen molar-refractivity contribution in [1.82, 2.24) is 14.9 Å². The Kier molecular flexibility index (Phi) is 4.80. The number of nitrogens with zero attached hydrogens (tertiary/aromatic N) is 3. The maximum Gasteiger partial charge on any atom is 0.274 e. The quantitative estimate of drug-likeness (QED) is 0.432. The number of benzene rings is 1. The summed E-state index contributed by atoms with van der Waals surface area (Å²) in [5.41, 5.74) is 0.675. The minimum atomic E-state index is -0.502. The van der Waals surface area contributed by atoms with E-state index in [0.717, 1.165) is 19.2 Å². The molecule has 0 atom stereocenters. The number of aromatic nitrogens is 2. The van der Waals surface area contributed by atoms with E-state index in [-0.39, 0.29) is 6.79 Å². The first kappa shape index (κ1) is 15.7. The van der Waals surface area contributed by atoms with Crippen molar-refractivity contribution in [3.05, 3.63) is 59.1 Å². The molecule has 0 saturated heterocycles. The van der Waals surface area contributed by atoms with Crippen molar-refractivity contribution in [3.63, 3.8) is 0 Å². The van der Waals surface area contributed by atoms with E-state index in [1.54, 1.807) is 30.7 Å². The van der Waals surface area contributed by atoms with Crippen LogP contribution in [0.5, 0.6) is 11.5 Å². The molecule has 1 aromatic carbocycles. The Bertz CT molecular complexity index is 729. The van der Waals surface area contributed by atoms with Gasteiger partial charge in [-0.1, -0.05) is 0 Å². The molecule has 126 valence electrons. The van der Waals surface area contributed by atoms with Crippen LogP contribution in [0.4, 0.5) is 5.69 Å². The summed E-state index contributed by atoms with van der Waals surface area (Å²) >= 11 is 0. The monoisotopic (exact) mass is 331 g/mol. The lowest BCUT2D eigenvalue weighted by Gasteiger charge is -2.12. The smallest absolute Gasteiger partial charge is 0.274 e. The first-order valence-electron chi connectivity index (χ1n) is 7.42. The highest BCUT2D eigenvalue weighted by Gasteiger charge is 2.14. The minimum absolute atomic E-state index is 0.183. The van der Waals surface area contributed by atoms with Crippen LogP contribution in [0.2, 0.25) is 0 Å². The lowest BCUT2D eigenvalue weighted by molar-refractivity contribution is -0.403. The largest absolute Gasteiger partial charge is 0.454 e. The third-order valence-corrected chi connectivity index (χ3v) is 3.35. The molecule has 1 aliphatic heterocycles. The van der Waals surface area contributed by atoms with Gasteiger partial charge in [-0.3, -0.25) is 10.1 Å². The molecule has 0 fully saturated rings. The highest BCUT2D eigenvalue weighted by molar-refractivity contribution is 5.57. The van der Waals surface area contributed by atoms with Gasteiger partial charge in [-0.25, -0.2) is 4.98 Å². The molecule has 24 heavy (non-hydrogen) atoms. The number of imidazole rings is 1. The molecular formula is C15H17N5O4. The van der Waals surface area contributed by atoms with Gasteiger partial charge in [-0.05, 0) is 18.6 Å². The van der Waals surface area contributed by atoms with Crippen LogP contribution in [0.3, 0.4) is 0 Å². The minimum Gasteiger partial charge on any atom is -0.454 e. The zero-order valence-electron chi connectivity index (χ0n) is 12.8. The maximum atomic E-state index is 10.8. The number of ether oxygens (including phenoxy) is 2. The van der Waals surface area contributed by atoms with E-state index in [0.29, 0.717) is 29.6 Å². The Morgan fingerprint density at radius 3 is 3.08 bits per heavy atom. The van der Waals surface area contributed by atoms with Gasteiger partial charge in [0.05, 0.1) is 11.3 Å². The normalized spacial score (nSPS) is 12.9. The topological polar surface area (TPSA) is 103 Å². The molecule has 0 amide bonds. The predicted molar refractivity (Wildman–Crippen MR) is 86.1 cm³/mol.